The van der Waals surface area contributed by atoms with Crippen LogP contribution in [0.1, 0.15) is 11.1 Å². The molecular weight excluding hydrogens is 568 g/mol. The second kappa shape index (κ2) is 9.75. The third-order valence-corrected chi connectivity index (χ3v) is 9.25. The Labute approximate surface area is 262 Å². The van der Waals surface area contributed by atoms with Crippen molar-refractivity contribution >= 4 is 65.0 Å². The van der Waals surface area contributed by atoms with Crippen LogP contribution in [0.25, 0.3) is 87.3 Å². The molecule has 0 aliphatic carbocycles. The topological polar surface area (TPSA) is 60.4 Å². The summed E-state index contributed by atoms with van der Waals surface area (Å²) in [5.74, 6) is 0. The molecule has 0 radical (unpaired) electrons. The van der Waals surface area contributed by atoms with E-state index in [2.05, 4.69) is 50.2 Å². The highest BCUT2D eigenvalue weighted by molar-refractivity contribution is 6.22. The smallest absolute Gasteiger partial charge is 0.344 e. The molecule has 0 aliphatic heterocycles. The van der Waals surface area contributed by atoms with Crippen molar-refractivity contribution in [2.24, 2.45) is 0 Å². The molecule has 0 saturated heterocycles. The molecule has 0 bridgehead atoms. The zero-order valence-corrected chi connectivity index (χ0v) is 25.2. The predicted molar refractivity (Wildman–Crippen MR) is 189 cm³/mol. The van der Waals surface area contributed by atoms with Gasteiger partial charge in [-0.15, -0.1) is 0 Å². The summed E-state index contributed by atoms with van der Waals surface area (Å²) in [6.45, 7) is 4.14. The largest absolute Gasteiger partial charge is 0.422 e. The van der Waals surface area contributed by atoms with Gasteiger partial charge in [0.15, 0.2) is 0 Å². The Kier molecular flexibility index (Phi) is 5.60. The van der Waals surface area contributed by atoms with E-state index in [1.54, 1.807) is 0 Å². The average molecular weight is 595 g/mol. The maximum atomic E-state index is 13.8. The lowest BCUT2D eigenvalue weighted by Crippen LogP contribution is -2.06. The Hall–Kier alpha value is -6.00. The van der Waals surface area contributed by atoms with Crippen LogP contribution in [0.4, 0.5) is 0 Å². The zero-order chi connectivity index (χ0) is 31.1. The molecule has 0 unspecified atom stereocenters. The Morgan fingerprint density at radius 1 is 0.391 bits per heavy atom. The van der Waals surface area contributed by atoms with Gasteiger partial charge in [0.2, 0.25) is 0 Å². The van der Waals surface area contributed by atoms with E-state index in [0.717, 1.165) is 65.0 Å². The fourth-order valence-corrected chi connectivity index (χ4v) is 7.16. The van der Waals surface area contributed by atoms with Crippen LogP contribution in [0.5, 0.6) is 0 Å². The van der Waals surface area contributed by atoms with E-state index in [1.165, 1.54) is 11.1 Å². The molecule has 2 heterocycles. The van der Waals surface area contributed by atoms with Crippen LogP contribution in [0.3, 0.4) is 0 Å². The molecule has 0 fully saturated rings. The second-order valence-electron chi connectivity index (χ2n) is 12.1. The molecular formula is C42H26O4. The van der Waals surface area contributed by atoms with Crippen molar-refractivity contribution in [3.8, 4) is 22.3 Å². The van der Waals surface area contributed by atoms with Gasteiger partial charge in [0.1, 0.15) is 11.2 Å². The van der Waals surface area contributed by atoms with Crippen molar-refractivity contribution in [3.05, 3.63) is 153 Å². The number of benzene rings is 7. The Bertz CT molecular complexity index is 2620. The first-order chi connectivity index (χ1) is 22.4. The molecule has 0 saturated carbocycles. The molecule has 0 atom stereocenters. The van der Waals surface area contributed by atoms with Crippen molar-refractivity contribution in [3.63, 3.8) is 0 Å². The number of hydrogen-bond acceptors (Lipinski definition) is 4. The van der Waals surface area contributed by atoms with Crippen LogP contribution >= 0.6 is 0 Å². The monoisotopic (exact) mass is 594 g/mol. The van der Waals surface area contributed by atoms with Crippen molar-refractivity contribution in [1.29, 1.82) is 0 Å². The Morgan fingerprint density at radius 3 is 1.17 bits per heavy atom. The van der Waals surface area contributed by atoms with Gasteiger partial charge in [-0.3, -0.25) is 0 Å². The third kappa shape index (κ3) is 3.87. The van der Waals surface area contributed by atoms with Gasteiger partial charge in [0, 0.05) is 21.9 Å². The highest BCUT2D eigenvalue weighted by Gasteiger charge is 2.22. The Morgan fingerprint density at radius 2 is 0.783 bits per heavy atom. The van der Waals surface area contributed by atoms with E-state index in [9.17, 15) is 9.59 Å². The number of aryl methyl sites for hydroxylation is 2. The molecule has 9 rings (SSSR count). The van der Waals surface area contributed by atoms with E-state index >= 15 is 0 Å². The number of hydrogen-bond donors (Lipinski definition) is 0. The number of rotatable bonds is 2. The molecule has 4 heteroatoms. The lowest BCUT2D eigenvalue weighted by Gasteiger charge is -2.17. The van der Waals surface area contributed by atoms with Crippen LogP contribution in [0, 0.1) is 13.8 Å². The fraction of sp³-hybridized carbons (Fsp3) is 0.0476. The third-order valence-electron chi connectivity index (χ3n) is 9.25. The normalized spacial score (nSPS) is 11.9. The van der Waals surface area contributed by atoms with Crippen molar-refractivity contribution < 1.29 is 8.83 Å². The van der Waals surface area contributed by atoms with Gasteiger partial charge in [0.05, 0.1) is 11.1 Å². The van der Waals surface area contributed by atoms with Crippen molar-refractivity contribution in [1.82, 2.24) is 0 Å². The van der Waals surface area contributed by atoms with Gasteiger partial charge in [-0.2, -0.15) is 0 Å². The summed E-state index contributed by atoms with van der Waals surface area (Å²) in [4.78, 5) is 27.6. The molecule has 2 aromatic heterocycles. The zero-order valence-electron chi connectivity index (χ0n) is 25.2. The first-order valence-corrected chi connectivity index (χ1v) is 15.3. The first-order valence-electron chi connectivity index (χ1n) is 15.3. The maximum absolute atomic E-state index is 13.8. The minimum Gasteiger partial charge on any atom is -0.422 e. The minimum atomic E-state index is -0.408. The molecule has 0 N–H and O–H groups in total. The first kappa shape index (κ1) is 26.4. The SMILES string of the molecule is Cc1ccc2c(ccc3oc(=O)c(-c4c5ccccc5c(-c5cc6c(ccc7cc(C)ccc76)oc5=O)c5ccccc45)cc32)c1. The van der Waals surface area contributed by atoms with E-state index in [-0.39, 0.29) is 0 Å². The summed E-state index contributed by atoms with van der Waals surface area (Å²) in [7, 11) is 0. The van der Waals surface area contributed by atoms with Gasteiger partial charge in [-0.1, -0.05) is 108 Å². The molecule has 4 nitrogen and oxygen atoms in total. The van der Waals surface area contributed by atoms with Gasteiger partial charge < -0.3 is 8.83 Å². The van der Waals surface area contributed by atoms with Crippen LogP contribution < -0.4 is 11.3 Å². The lowest BCUT2D eigenvalue weighted by molar-refractivity contribution is 0.563. The highest BCUT2D eigenvalue weighted by Crippen LogP contribution is 2.43. The highest BCUT2D eigenvalue weighted by atomic mass is 16.4. The van der Waals surface area contributed by atoms with E-state index in [4.69, 9.17) is 8.83 Å². The van der Waals surface area contributed by atoms with Crippen molar-refractivity contribution in [2.45, 2.75) is 13.8 Å². The standard InChI is InChI=1S/C42H26O4/c1-23-11-15-27-25(19-23)13-17-37-33(27)21-35(41(43)45-37)39-29-7-3-5-9-31(29)40(32-10-6-4-8-30(32)39)36-22-34-28-16-12-24(2)20-26(28)14-18-38(34)46-42(36)44/h3-22H,1-2H3. The summed E-state index contributed by atoms with van der Waals surface area (Å²) in [6, 6.07) is 40.1. The van der Waals surface area contributed by atoms with Gasteiger partial charge in [-0.25, -0.2) is 9.59 Å². The second-order valence-corrected chi connectivity index (χ2v) is 12.1. The van der Waals surface area contributed by atoms with E-state index in [1.807, 2.05) is 84.9 Å². The molecule has 0 spiro atoms. The van der Waals surface area contributed by atoms with Gasteiger partial charge in [0.25, 0.3) is 0 Å². The number of fused-ring (bicyclic) bond motifs is 8. The summed E-state index contributed by atoms with van der Waals surface area (Å²) in [5.41, 5.74) is 5.12. The summed E-state index contributed by atoms with van der Waals surface area (Å²) in [5, 5.41) is 9.39. The molecule has 0 aliphatic rings. The molecule has 0 amide bonds. The lowest BCUT2D eigenvalue weighted by atomic mass is 9.86. The van der Waals surface area contributed by atoms with Crippen LogP contribution in [0.2, 0.25) is 0 Å². The van der Waals surface area contributed by atoms with Gasteiger partial charge in [-0.05, 0) is 81.2 Å². The van der Waals surface area contributed by atoms with Crippen LogP contribution in [-0.4, -0.2) is 0 Å². The quantitative estimate of drug-likeness (QED) is 0.113. The molecule has 9 aromatic rings. The van der Waals surface area contributed by atoms with Gasteiger partial charge >= 0.3 is 11.3 Å². The molecule has 218 valence electrons. The minimum absolute atomic E-state index is 0.408. The average Bonchev–Trinajstić information content (AvgIpc) is 3.06. The molecule has 46 heavy (non-hydrogen) atoms. The van der Waals surface area contributed by atoms with E-state index < -0.39 is 11.3 Å². The van der Waals surface area contributed by atoms with Crippen LogP contribution in [-0.2, 0) is 0 Å². The maximum Gasteiger partial charge on any atom is 0.344 e. The summed E-state index contributed by atoms with van der Waals surface area (Å²) in [6.07, 6.45) is 0. The van der Waals surface area contributed by atoms with E-state index in [0.29, 0.717) is 22.3 Å². The van der Waals surface area contributed by atoms with Crippen molar-refractivity contribution in [2.75, 3.05) is 0 Å². The Balaban J connectivity index is 1.41. The summed E-state index contributed by atoms with van der Waals surface area (Å²) >= 11 is 0. The summed E-state index contributed by atoms with van der Waals surface area (Å²) < 4.78 is 12.0. The fourth-order valence-electron chi connectivity index (χ4n) is 7.16. The predicted octanol–water partition coefficient (Wildman–Crippen LogP) is 10.5. The van der Waals surface area contributed by atoms with Crippen LogP contribution in [0.15, 0.2) is 140 Å². The molecule has 7 aromatic carbocycles.